The zero-order valence-corrected chi connectivity index (χ0v) is 23.3. The first-order valence-electron chi connectivity index (χ1n) is 13.8. The molecule has 1 unspecified atom stereocenters. The van der Waals surface area contributed by atoms with Crippen molar-refractivity contribution in [3.8, 4) is 11.5 Å². The number of aromatic nitrogens is 1. The highest BCUT2D eigenvalue weighted by Gasteiger charge is 2.38. The number of aliphatic carboxylic acids is 1. The first kappa shape index (κ1) is 29.9. The molecule has 2 atom stereocenters. The van der Waals surface area contributed by atoms with Gasteiger partial charge in [-0.3, -0.25) is 9.69 Å². The fourth-order valence-corrected chi connectivity index (χ4v) is 5.50. The van der Waals surface area contributed by atoms with Gasteiger partial charge in [-0.2, -0.15) is 0 Å². The Morgan fingerprint density at radius 1 is 1.23 bits per heavy atom. The number of methoxy groups -OCH3 is 2. The first-order valence-corrected chi connectivity index (χ1v) is 13.8. The zero-order chi connectivity index (χ0) is 28.9. The summed E-state index contributed by atoms with van der Waals surface area (Å²) in [7, 11) is 2.87. The number of likely N-dealkylation sites (tertiary alicyclic amines) is 1. The molecule has 8 nitrogen and oxygen atoms in total. The minimum Gasteiger partial charge on any atom is -0.496 e. The van der Waals surface area contributed by atoms with Crippen LogP contribution in [0.25, 0.3) is 0 Å². The highest BCUT2D eigenvalue weighted by molar-refractivity contribution is 5.77. The van der Waals surface area contributed by atoms with Crippen molar-refractivity contribution in [2.75, 3.05) is 45.8 Å². The van der Waals surface area contributed by atoms with Gasteiger partial charge < -0.3 is 24.6 Å². The summed E-state index contributed by atoms with van der Waals surface area (Å²) in [6.45, 7) is 2.75. The Morgan fingerprint density at radius 2 is 2.02 bits per heavy atom. The number of hydrogen-bond acceptors (Lipinski definition) is 7. The highest BCUT2D eigenvalue weighted by Crippen LogP contribution is 2.39. The van der Waals surface area contributed by atoms with Gasteiger partial charge in [-0.1, -0.05) is 6.42 Å². The van der Waals surface area contributed by atoms with E-state index in [9.17, 15) is 23.1 Å². The molecule has 0 aliphatic carbocycles. The minimum atomic E-state index is -3.33. The third-order valence-corrected chi connectivity index (χ3v) is 7.54. The second-order valence-electron chi connectivity index (χ2n) is 10.5. The number of hydrogen-bond donors (Lipinski definition) is 2. The van der Waals surface area contributed by atoms with Crippen LogP contribution in [-0.4, -0.2) is 67.5 Å². The molecule has 11 heteroatoms. The number of halogens is 3. The number of nitrogens with zero attached hydrogens (tertiary/aromatic N) is 2. The maximum atomic E-state index is 14.6. The maximum absolute atomic E-state index is 14.6. The van der Waals surface area contributed by atoms with E-state index in [4.69, 9.17) is 19.2 Å². The number of rotatable bonds is 13. The smallest absolute Gasteiger partial charge is 0.325 e. The SMILES string of the molecule is COc1cc(CCCCCO[C@@H]2CCN(C(C(=O)O)c3cc(C(C)(F)F)cc(F)c3OC)C2)nc2c1CCCN2. The Balaban J connectivity index is 1.28. The Kier molecular flexibility index (Phi) is 9.78. The zero-order valence-electron chi connectivity index (χ0n) is 23.3. The average molecular weight is 566 g/mol. The molecule has 4 rings (SSSR count). The van der Waals surface area contributed by atoms with E-state index in [1.807, 2.05) is 6.07 Å². The quantitative estimate of drug-likeness (QED) is 0.315. The molecule has 2 aliphatic rings. The Labute approximate surface area is 232 Å². The fourth-order valence-electron chi connectivity index (χ4n) is 5.50. The van der Waals surface area contributed by atoms with Crippen LogP contribution in [0.15, 0.2) is 18.2 Å². The Bertz CT molecular complexity index is 1170. The normalized spacial score (nSPS) is 18.2. The third-order valence-electron chi connectivity index (χ3n) is 7.54. The summed E-state index contributed by atoms with van der Waals surface area (Å²) in [5, 5.41) is 13.3. The van der Waals surface area contributed by atoms with E-state index >= 15 is 0 Å². The Morgan fingerprint density at radius 3 is 2.73 bits per heavy atom. The molecule has 2 aliphatic heterocycles. The van der Waals surface area contributed by atoms with Crippen molar-refractivity contribution >= 4 is 11.8 Å². The van der Waals surface area contributed by atoms with E-state index < -0.39 is 29.3 Å². The van der Waals surface area contributed by atoms with Crippen molar-refractivity contribution in [2.45, 2.75) is 69.9 Å². The van der Waals surface area contributed by atoms with Crippen molar-refractivity contribution in [1.82, 2.24) is 9.88 Å². The summed E-state index contributed by atoms with van der Waals surface area (Å²) >= 11 is 0. The molecule has 0 radical (unpaired) electrons. The number of carbonyl (C=O) groups is 1. The molecule has 2 aromatic rings. The first-order chi connectivity index (χ1) is 19.1. The van der Waals surface area contributed by atoms with E-state index in [-0.39, 0.29) is 17.4 Å². The largest absolute Gasteiger partial charge is 0.496 e. The molecule has 0 amide bonds. The summed E-state index contributed by atoms with van der Waals surface area (Å²) in [5.41, 5.74) is 1.41. The van der Waals surface area contributed by atoms with E-state index in [1.165, 1.54) is 7.11 Å². The summed E-state index contributed by atoms with van der Waals surface area (Å²) in [6.07, 6.45) is 5.97. The highest BCUT2D eigenvalue weighted by atomic mass is 19.3. The predicted octanol–water partition coefficient (Wildman–Crippen LogP) is 5.34. The molecule has 1 fully saturated rings. The van der Waals surface area contributed by atoms with Gasteiger partial charge in [0.05, 0.1) is 20.3 Å². The number of benzene rings is 1. The lowest BCUT2D eigenvalue weighted by Gasteiger charge is -2.27. The van der Waals surface area contributed by atoms with Crippen LogP contribution in [0.2, 0.25) is 0 Å². The molecule has 220 valence electrons. The Hall–Kier alpha value is -3.05. The van der Waals surface area contributed by atoms with Crippen molar-refractivity contribution in [3.63, 3.8) is 0 Å². The standard InChI is InChI=1S/C29H38F3N3O5/c1-29(31,32)18-14-22(26(39-3)23(30)15-18)25(28(36)37)35-12-10-20(17-35)40-13-6-4-5-8-19-16-24(38-2)21-9-7-11-33-27(21)34-19/h14-16,20,25H,4-13,17H2,1-3H3,(H,33,34)(H,36,37)/t20-,25?/m1/s1. The number of anilines is 1. The van der Waals surface area contributed by atoms with Crippen molar-refractivity contribution in [2.24, 2.45) is 0 Å². The van der Waals surface area contributed by atoms with Crippen LogP contribution >= 0.6 is 0 Å². The van der Waals surface area contributed by atoms with Crippen LogP contribution in [0.5, 0.6) is 11.5 Å². The summed E-state index contributed by atoms with van der Waals surface area (Å²) in [6, 6.07) is 2.40. The second-order valence-corrected chi connectivity index (χ2v) is 10.5. The monoisotopic (exact) mass is 565 g/mol. The molecule has 0 bridgehead atoms. The van der Waals surface area contributed by atoms with Gasteiger partial charge in [-0.25, -0.2) is 18.2 Å². The fraction of sp³-hybridized carbons (Fsp3) is 0.586. The van der Waals surface area contributed by atoms with E-state index in [0.717, 1.165) is 74.0 Å². The average Bonchev–Trinajstić information content (AvgIpc) is 3.37. The predicted molar refractivity (Wildman–Crippen MR) is 144 cm³/mol. The van der Waals surface area contributed by atoms with Crippen LogP contribution in [0, 0.1) is 5.82 Å². The van der Waals surface area contributed by atoms with Gasteiger partial charge in [0.15, 0.2) is 11.6 Å². The molecular formula is C29H38F3N3O5. The number of alkyl halides is 2. The lowest BCUT2D eigenvalue weighted by Crippen LogP contribution is -2.34. The number of carboxylic acids is 1. The van der Waals surface area contributed by atoms with Gasteiger partial charge in [0.2, 0.25) is 0 Å². The number of unbranched alkanes of at least 4 members (excludes halogenated alkanes) is 2. The minimum absolute atomic E-state index is 0.130. The number of fused-ring (bicyclic) bond motifs is 1. The second kappa shape index (κ2) is 13.1. The number of aryl methyl sites for hydroxylation is 1. The lowest BCUT2D eigenvalue weighted by molar-refractivity contribution is -0.143. The van der Waals surface area contributed by atoms with Crippen molar-refractivity contribution in [1.29, 1.82) is 0 Å². The summed E-state index contributed by atoms with van der Waals surface area (Å²) in [4.78, 5) is 18.6. The molecule has 3 heterocycles. The van der Waals surface area contributed by atoms with Gasteiger partial charge in [0.25, 0.3) is 5.92 Å². The van der Waals surface area contributed by atoms with E-state index in [2.05, 4.69) is 5.32 Å². The lowest BCUT2D eigenvalue weighted by atomic mass is 9.98. The molecule has 2 N–H and O–H groups in total. The number of pyridine rings is 1. The van der Waals surface area contributed by atoms with E-state index in [0.29, 0.717) is 39.1 Å². The summed E-state index contributed by atoms with van der Waals surface area (Å²) < 4.78 is 59.2. The number of carboxylic acid groups (broad SMARTS) is 1. The molecule has 40 heavy (non-hydrogen) atoms. The molecule has 1 aromatic carbocycles. The van der Waals surface area contributed by atoms with Gasteiger partial charge in [-0.05, 0) is 50.7 Å². The summed E-state index contributed by atoms with van der Waals surface area (Å²) in [5.74, 6) is -4.15. The topological polar surface area (TPSA) is 93.2 Å². The van der Waals surface area contributed by atoms with Crippen molar-refractivity contribution < 1.29 is 37.3 Å². The number of nitrogens with one attached hydrogen (secondary N) is 1. The number of ether oxygens (including phenoxy) is 3. The van der Waals surface area contributed by atoms with Gasteiger partial charge in [0.1, 0.15) is 17.6 Å². The van der Waals surface area contributed by atoms with Gasteiger partial charge in [0, 0.05) is 61.6 Å². The van der Waals surface area contributed by atoms with Crippen LogP contribution in [0.1, 0.15) is 67.5 Å². The molecule has 0 spiro atoms. The van der Waals surface area contributed by atoms with E-state index in [1.54, 1.807) is 12.0 Å². The van der Waals surface area contributed by atoms with Gasteiger partial charge >= 0.3 is 5.97 Å². The molecule has 1 aromatic heterocycles. The van der Waals surface area contributed by atoms with Crippen molar-refractivity contribution in [3.05, 3.63) is 46.4 Å². The van der Waals surface area contributed by atoms with Gasteiger partial charge in [-0.15, -0.1) is 0 Å². The van der Waals surface area contributed by atoms with Crippen LogP contribution in [0.4, 0.5) is 19.0 Å². The molecule has 1 saturated heterocycles. The molecular weight excluding hydrogens is 527 g/mol. The third kappa shape index (κ3) is 6.98. The maximum Gasteiger partial charge on any atom is 0.325 e. The van der Waals surface area contributed by atoms with Crippen LogP contribution in [0.3, 0.4) is 0 Å². The molecule has 0 saturated carbocycles. The van der Waals surface area contributed by atoms with Crippen LogP contribution < -0.4 is 14.8 Å². The van der Waals surface area contributed by atoms with Crippen LogP contribution in [-0.2, 0) is 28.3 Å².